The Labute approximate surface area is 91.0 Å². The molecule has 3 nitrogen and oxygen atoms in total. The molecule has 0 unspecified atom stereocenters. The fraction of sp³-hybridized carbons (Fsp3) is 0.583. The minimum atomic E-state index is 0.114. The van der Waals surface area contributed by atoms with Crippen molar-refractivity contribution in [3.63, 3.8) is 0 Å². The second-order valence-electron chi connectivity index (χ2n) is 3.94. The average molecular weight is 206 g/mol. The van der Waals surface area contributed by atoms with E-state index in [0.29, 0.717) is 12.5 Å². The minimum absolute atomic E-state index is 0.114. The summed E-state index contributed by atoms with van der Waals surface area (Å²) in [6.07, 6.45) is 2.72. The molecule has 0 aliphatic rings. The minimum Gasteiger partial charge on any atom is -0.395 e. The first-order valence-corrected chi connectivity index (χ1v) is 5.38. The van der Waals surface area contributed by atoms with Crippen LogP contribution in [0.1, 0.15) is 43.5 Å². The van der Waals surface area contributed by atoms with Crippen molar-refractivity contribution < 1.29 is 5.11 Å². The van der Waals surface area contributed by atoms with Gasteiger partial charge in [-0.3, -0.25) is 0 Å². The fourth-order valence-corrected chi connectivity index (χ4v) is 2.06. The number of nitrogens with zero attached hydrogens (tertiary/aromatic N) is 2. The first-order valence-electron chi connectivity index (χ1n) is 5.38. The maximum absolute atomic E-state index is 9.01. The molecule has 0 spiro atoms. The Bertz CT molecular complexity index is 372. The van der Waals surface area contributed by atoms with E-state index in [-0.39, 0.29) is 6.61 Å². The predicted octanol–water partition coefficient (Wildman–Crippen LogP) is 2.04. The van der Waals surface area contributed by atoms with E-state index >= 15 is 0 Å². The van der Waals surface area contributed by atoms with Crippen molar-refractivity contribution >= 4 is 0 Å². The number of hydrogen-bond donors (Lipinski definition) is 1. The van der Waals surface area contributed by atoms with E-state index in [1.54, 1.807) is 0 Å². The zero-order chi connectivity index (χ0) is 11.4. The summed E-state index contributed by atoms with van der Waals surface area (Å²) in [5, 5.41) is 18.0. The molecule has 0 fully saturated rings. The summed E-state index contributed by atoms with van der Waals surface area (Å²) in [5.41, 5.74) is 3.05. The first-order chi connectivity index (χ1) is 7.15. The lowest BCUT2D eigenvalue weighted by atomic mass is 10.0. The quantitative estimate of drug-likeness (QED) is 0.819. The maximum atomic E-state index is 9.01. The zero-order valence-electron chi connectivity index (χ0n) is 9.62. The molecule has 1 rings (SSSR count). The summed E-state index contributed by atoms with van der Waals surface area (Å²) in [7, 11) is 0. The van der Waals surface area contributed by atoms with Crippen LogP contribution in [0.5, 0.6) is 0 Å². The van der Waals surface area contributed by atoms with Crippen LogP contribution < -0.4 is 0 Å². The average Bonchev–Trinajstić information content (AvgIpc) is 2.56. The standard InChI is InChI=1S/C12H18N2O/c1-4-11-10(7-13)8-14(5-6-15)12(11)9(2)3/h8-9,15H,4-6H2,1-3H3. The van der Waals surface area contributed by atoms with Gasteiger partial charge >= 0.3 is 0 Å². The molecule has 82 valence electrons. The van der Waals surface area contributed by atoms with E-state index in [1.165, 1.54) is 5.69 Å². The highest BCUT2D eigenvalue weighted by Crippen LogP contribution is 2.25. The van der Waals surface area contributed by atoms with Gasteiger partial charge in [0.05, 0.1) is 12.2 Å². The molecule has 0 aliphatic carbocycles. The second-order valence-corrected chi connectivity index (χ2v) is 3.94. The Morgan fingerprint density at radius 2 is 2.20 bits per heavy atom. The number of hydrogen-bond acceptors (Lipinski definition) is 2. The molecule has 1 aromatic rings. The molecule has 0 atom stereocenters. The Morgan fingerprint density at radius 1 is 1.53 bits per heavy atom. The van der Waals surface area contributed by atoms with Crippen LogP contribution in [0.4, 0.5) is 0 Å². The van der Waals surface area contributed by atoms with Crippen LogP contribution in [0.3, 0.4) is 0 Å². The van der Waals surface area contributed by atoms with E-state index in [4.69, 9.17) is 10.4 Å². The molecule has 15 heavy (non-hydrogen) atoms. The van der Waals surface area contributed by atoms with Gasteiger partial charge in [0, 0.05) is 18.4 Å². The Morgan fingerprint density at radius 3 is 2.60 bits per heavy atom. The summed E-state index contributed by atoms with van der Waals surface area (Å²) < 4.78 is 2.00. The fourth-order valence-electron chi connectivity index (χ4n) is 2.06. The summed E-state index contributed by atoms with van der Waals surface area (Å²) in [6.45, 7) is 6.98. The molecule has 1 aromatic heterocycles. The van der Waals surface area contributed by atoms with Gasteiger partial charge in [0.1, 0.15) is 6.07 Å². The molecule has 0 aliphatic heterocycles. The van der Waals surface area contributed by atoms with Gasteiger partial charge in [0.2, 0.25) is 0 Å². The van der Waals surface area contributed by atoms with Gasteiger partial charge in [-0.1, -0.05) is 20.8 Å². The lowest BCUT2D eigenvalue weighted by Crippen LogP contribution is -2.07. The highest BCUT2D eigenvalue weighted by Gasteiger charge is 2.16. The molecular weight excluding hydrogens is 188 g/mol. The number of rotatable bonds is 4. The SMILES string of the molecule is CCc1c(C#N)cn(CCO)c1C(C)C. The van der Waals surface area contributed by atoms with Crippen molar-refractivity contribution in [1.82, 2.24) is 4.57 Å². The van der Waals surface area contributed by atoms with Crippen LogP contribution in [-0.2, 0) is 13.0 Å². The third-order valence-electron chi connectivity index (χ3n) is 2.59. The van der Waals surface area contributed by atoms with Crippen molar-refractivity contribution in [2.75, 3.05) is 6.61 Å². The Hall–Kier alpha value is -1.27. The summed E-state index contributed by atoms with van der Waals surface area (Å²) in [4.78, 5) is 0. The lowest BCUT2D eigenvalue weighted by Gasteiger charge is -2.12. The van der Waals surface area contributed by atoms with Gasteiger partial charge < -0.3 is 9.67 Å². The molecular formula is C12H18N2O. The van der Waals surface area contributed by atoms with Crippen molar-refractivity contribution in [2.45, 2.75) is 39.7 Å². The smallest absolute Gasteiger partial charge is 0.101 e. The summed E-state index contributed by atoms with van der Waals surface area (Å²) in [5.74, 6) is 0.383. The number of aromatic nitrogens is 1. The van der Waals surface area contributed by atoms with Crippen molar-refractivity contribution in [3.05, 3.63) is 23.0 Å². The van der Waals surface area contributed by atoms with E-state index in [9.17, 15) is 0 Å². The number of aliphatic hydroxyl groups excluding tert-OH is 1. The molecule has 0 saturated heterocycles. The van der Waals surface area contributed by atoms with Gasteiger partial charge in [-0.25, -0.2) is 0 Å². The van der Waals surface area contributed by atoms with Crippen molar-refractivity contribution in [3.8, 4) is 6.07 Å². The van der Waals surface area contributed by atoms with Crippen LogP contribution in [0.15, 0.2) is 6.20 Å². The molecule has 0 radical (unpaired) electrons. The van der Waals surface area contributed by atoms with Gasteiger partial charge in [-0.2, -0.15) is 5.26 Å². The molecule has 0 amide bonds. The molecule has 3 heteroatoms. The highest BCUT2D eigenvalue weighted by molar-refractivity contribution is 5.42. The van der Waals surface area contributed by atoms with Crippen LogP contribution >= 0.6 is 0 Å². The topological polar surface area (TPSA) is 49.0 Å². The monoisotopic (exact) mass is 206 g/mol. The van der Waals surface area contributed by atoms with Crippen LogP contribution in [-0.4, -0.2) is 16.3 Å². The summed E-state index contributed by atoms with van der Waals surface area (Å²) in [6, 6.07) is 2.22. The van der Waals surface area contributed by atoms with E-state index in [0.717, 1.165) is 17.5 Å². The van der Waals surface area contributed by atoms with E-state index < -0.39 is 0 Å². The van der Waals surface area contributed by atoms with E-state index in [1.807, 2.05) is 10.8 Å². The summed E-state index contributed by atoms with van der Waals surface area (Å²) >= 11 is 0. The van der Waals surface area contributed by atoms with Gasteiger partial charge in [0.25, 0.3) is 0 Å². The molecule has 0 aromatic carbocycles. The highest BCUT2D eigenvalue weighted by atomic mass is 16.3. The van der Waals surface area contributed by atoms with Crippen LogP contribution in [0, 0.1) is 11.3 Å². The predicted molar refractivity (Wildman–Crippen MR) is 59.7 cm³/mol. The van der Waals surface area contributed by atoms with Gasteiger partial charge in [0.15, 0.2) is 0 Å². The Balaban J connectivity index is 3.28. The Kier molecular flexibility index (Phi) is 3.93. The zero-order valence-corrected chi connectivity index (χ0v) is 9.62. The van der Waals surface area contributed by atoms with Gasteiger partial charge in [-0.05, 0) is 17.9 Å². The number of nitriles is 1. The third-order valence-corrected chi connectivity index (χ3v) is 2.59. The molecule has 1 N–H and O–H groups in total. The maximum Gasteiger partial charge on any atom is 0.101 e. The second kappa shape index (κ2) is 4.99. The third kappa shape index (κ3) is 2.21. The van der Waals surface area contributed by atoms with Gasteiger partial charge in [-0.15, -0.1) is 0 Å². The van der Waals surface area contributed by atoms with Crippen molar-refractivity contribution in [1.29, 1.82) is 5.26 Å². The van der Waals surface area contributed by atoms with Crippen molar-refractivity contribution in [2.24, 2.45) is 0 Å². The lowest BCUT2D eigenvalue weighted by molar-refractivity contribution is 0.274. The number of aliphatic hydroxyl groups is 1. The molecule has 1 heterocycles. The van der Waals surface area contributed by atoms with Crippen LogP contribution in [0.25, 0.3) is 0 Å². The van der Waals surface area contributed by atoms with E-state index in [2.05, 4.69) is 26.8 Å². The normalized spacial score (nSPS) is 10.7. The van der Waals surface area contributed by atoms with Crippen LogP contribution in [0.2, 0.25) is 0 Å². The molecule has 0 bridgehead atoms. The largest absolute Gasteiger partial charge is 0.395 e. The first kappa shape index (κ1) is 11.8. The molecule has 0 saturated carbocycles.